The van der Waals surface area contributed by atoms with Crippen molar-refractivity contribution < 1.29 is 4.79 Å². The summed E-state index contributed by atoms with van der Waals surface area (Å²) < 4.78 is 0. The first-order chi connectivity index (χ1) is 8.79. The number of nitrogens with one attached hydrogen (secondary N) is 2. The molecular weight excluding hydrogens is 228 g/mol. The lowest BCUT2D eigenvalue weighted by atomic mass is 10.1. The van der Waals surface area contributed by atoms with Crippen molar-refractivity contribution in [3.8, 4) is 0 Å². The molecule has 0 unspecified atom stereocenters. The summed E-state index contributed by atoms with van der Waals surface area (Å²) in [6.07, 6.45) is 2.95. The number of aromatic nitrogens is 1. The Hall–Kier alpha value is -1.62. The van der Waals surface area contributed by atoms with Crippen LogP contribution in [0, 0.1) is 5.92 Å². The van der Waals surface area contributed by atoms with Crippen LogP contribution in [-0.2, 0) is 0 Å². The number of rotatable bonds is 2. The van der Waals surface area contributed by atoms with Crippen LogP contribution in [0.4, 0.5) is 5.69 Å². The zero-order valence-corrected chi connectivity index (χ0v) is 10.5. The van der Waals surface area contributed by atoms with Crippen LogP contribution in [0.1, 0.15) is 16.9 Å². The van der Waals surface area contributed by atoms with Gasteiger partial charge in [-0.05, 0) is 24.5 Å². The summed E-state index contributed by atoms with van der Waals surface area (Å²) in [6, 6.07) is 4.46. The number of amides is 1. The first kappa shape index (κ1) is 11.5. The number of anilines is 1. The Morgan fingerprint density at radius 1 is 1.56 bits per heavy atom. The molecule has 1 amide bonds. The zero-order chi connectivity index (χ0) is 12.5. The Bertz CT molecular complexity index is 462. The van der Waals surface area contributed by atoms with Crippen LogP contribution in [-0.4, -0.2) is 43.6 Å². The van der Waals surface area contributed by atoms with Crippen molar-refractivity contribution in [3.05, 3.63) is 24.0 Å². The molecule has 0 saturated carbocycles. The maximum Gasteiger partial charge on any atom is 0.269 e. The highest BCUT2D eigenvalue weighted by atomic mass is 16.1. The van der Waals surface area contributed by atoms with E-state index in [1.165, 1.54) is 6.42 Å². The van der Waals surface area contributed by atoms with Crippen LogP contribution in [0.15, 0.2) is 18.3 Å². The van der Waals surface area contributed by atoms with Crippen molar-refractivity contribution in [1.29, 1.82) is 0 Å². The molecule has 1 aromatic rings. The first-order valence-corrected chi connectivity index (χ1v) is 6.45. The Kier molecular flexibility index (Phi) is 2.91. The SMILES string of the molecule is CNC(=O)c1cc(N2CC[C@@H]3CNC[C@@H]32)ccn1. The van der Waals surface area contributed by atoms with Gasteiger partial charge in [0.25, 0.3) is 5.91 Å². The van der Waals surface area contributed by atoms with Crippen LogP contribution in [0.3, 0.4) is 0 Å². The molecule has 0 bridgehead atoms. The van der Waals surface area contributed by atoms with Crippen LogP contribution in [0.25, 0.3) is 0 Å². The fourth-order valence-electron chi connectivity index (χ4n) is 3.02. The van der Waals surface area contributed by atoms with Gasteiger partial charge >= 0.3 is 0 Å². The highest BCUT2D eigenvalue weighted by Crippen LogP contribution is 2.31. The van der Waals surface area contributed by atoms with Crippen molar-refractivity contribution in [2.75, 3.05) is 31.6 Å². The first-order valence-electron chi connectivity index (χ1n) is 6.45. The summed E-state index contributed by atoms with van der Waals surface area (Å²) in [5, 5.41) is 6.05. The number of hydrogen-bond donors (Lipinski definition) is 2. The second-order valence-electron chi connectivity index (χ2n) is 4.95. The minimum absolute atomic E-state index is 0.128. The second kappa shape index (κ2) is 4.57. The summed E-state index contributed by atoms with van der Waals surface area (Å²) in [6.45, 7) is 3.24. The van der Waals surface area contributed by atoms with E-state index < -0.39 is 0 Å². The van der Waals surface area contributed by atoms with E-state index in [0.717, 1.165) is 31.2 Å². The second-order valence-corrected chi connectivity index (χ2v) is 4.95. The van der Waals surface area contributed by atoms with Crippen LogP contribution in [0.5, 0.6) is 0 Å². The maximum absolute atomic E-state index is 11.6. The van der Waals surface area contributed by atoms with Gasteiger partial charge in [0, 0.05) is 44.6 Å². The molecule has 2 atom stereocenters. The summed E-state index contributed by atoms with van der Waals surface area (Å²) >= 11 is 0. The summed E-state index contributed by atoms with van der Waals surface area (Å²) in [5.41, 5.74) is 1.60. The smallest absolute Gasteiger partial charge is 0.269 e. The lowest BCUT2D eigenvalue weighted by Gasteiger charge is -2.25. The van der Waals surface area contributed by atoms with Gasteiger partial charge < -0.3 is 15.5 Å². The highest BCUT2D eigenvalue weighted by Gasteiger charge is 2.37. The van der Waals surface area contributed by atoms with Gasteiger partial charge in [0.1, 0.15) is 5.69 Å². The Labute approximate surface area is 107 Å². The van der Waals surface area contributed by atoms with Crippen molar-refractivity contribution in [1.82, 2.24) is 15.6 Å². The van der Waals surface area contributed by atoms with Gasteiger partial charge in [-0.25, -0.2) is 0 Å². The number of nitrogens with zero attached hydrogens (tertiary/aromatic N) is 2. The molecule has 3 rings (SSSR count). The van der Waals surface area contributed by atoms with E-state index in [-0.39, 0.29) is 5.91 Å². The predicted molar refractivity (Wildman–Crippen MR) is 69.7 cm³/mol. The summed E-state index contributed by atoms with van der Waals surface area (Å²) in [4.78, 5) is 18.1. The lowest BCUT2D eigenvalue weighted by Crippen LogP contribution is -2.34. The van der Waals surface area contributed by atoms with E-state index in [4.69, 9.17) is 0 Å². The van der Waals surface area contributed by atoms with E-state index in [0.29, 0.717) is 11.7 Å². The molecule has 0 aliphatic carbocycles. The Balaban J connectivity index is 1.86. The van der Waals surface area contributed by atoms with E-state index in [1.54, 1.807) is 13.2 Å². The van der Waals surface area contributed by atoms with Crippen LogP contribution in [0.2, 0.25) is 0 Å². The average molecular weight is 246 g/mol. The minimum Gasteiger partial charge on any atom is -0.367 e. The molecule has 0 aromatic carbocycles. The maximum atomic E-state index is 11.6. The third-order valence-corrected chi connectivity index (χ3v) is 3.98. The number of fused-ring (bicyclic) bond motifs is 1. The van der Waals surface area contributed by atoms with Gasteiger partial charge in [-0.15, -0.1) is 0 Å². The fraction of sp³-hybridized carbons (Fsp3) is 0.538. The molecule has 2 aliphatic rings. The third kappa shape index (κ3) is 1.84. The normalized spacial score (nSPS) is 26.2. The molecule has 5 nitrogen and oxygen atoms in total. The molecule has 2 aliphatic heterocycles. The zero-order valence-electron chi connectivity index (χ0n) is 10.5. The third-order valence-electron chi connectivity index (χ3n) is 3.98. The van der Waals surface area contributed by atoms with E-state index >= 15 is 0 Å². The van der Waals surface area contributed by atoms with Crippen molar-refractivity contribution in [2.45, 2.75) is 12.5 Å². The standard InChI is InChI=1S/C13H18N4O/c1-14-13(18)11-6-10(2-4-16-11)17-5-3-9-7-15-8-12(9)17/h2,4,6,9,12,15H,3,5,7-8H2,1H3,(H,14,18)/t9-,12+/m1/s1. The van der Waals surface area contributed by atoms with Crippen molar-refractivity contribution >= 4 is 11.6 Å². The molecule has 5 heteroatoms. The van der Waals surface area contributed by atoms with Gasteiger partial charge in [-0.2, -0.15) is 0 Å². The molecular formula is C13H18N4O. The van der Waals surface area contributed by atoms with Gasteiger partial charge in [0.05, 0.1) is 0 Å². The number of carbonyl (C=O) groups is 1. The molecule has 2 fully saturated rings. The quantitative estimate of drug-likeness (QED) is 0.785. The molecule has 2 saturated heterocycles. The van der Waals surface area contributed by atoms with Gasteiger partial charge in [0.2, 0.25) is 0 Å². The molecule has 18 heavy (non-hydrogen) atoms. The molecule has 3 heterocycles. The topological polar surface area (TPSA) is 57.3 Å². The van der Waals surface area contributed by atoms with Gasteiger partial charge in [0.15, 0.2) is 0 Å². The van der Waals surface area contributed by atoms with Crippen molar-refractivity contribution in [3.63, 3.8) is 0 Å². The monoisotopic (exact) mass is 246 g/mol. The van der Waals surface area contributed by atoms with Gasteiger partial charge in [-0.3, -0.25) is 9.78 Å². The molecule has 1 aromatic heterocycles. The molecule has 0 radical (unpaired) electrons. The minimum atomic E-state index is -0.128. The summed E-state index contributed by atoms with van der Waals surface area (Å²) in [7, 11) is 1.63. The van der Waals surface area contributed by atoms with E-state index in [9.17, 15) is 4.79 Å². The number of hydrogen-bond acceptors (Lipinski definition) is 4. The highest BCUT2D eigenvalue weighted by molar-refractivity contribution is 5.92. The van der Waals surface area contributed by atoms with Crippen molar-refractivity contribution in [2.24, 2.45) is 5.92 Å². The van der Waals surface area contributed by atoms with E-state index in [2.05, 4.69) is 20.5 Å². The van der Waals surface area contributed by atoms with Crippen LogP contribution >= 0.6 is 0 Å². The molecule has 0 spiro atoms. The largest absolute Gasteiger partial charge is 0.367 e. The fourth-order valence-corrected chi connectivity index (χ4v) is 3.02. The number of carbonyl (C=O) groups excluding carboxylic acids is 1. The molecule has 2 N–H and O–H groups in total. The molecule has 96 valence electrons. The summed E-state index contributed by atoms with van der Waals surface area (Å²) in [5.74, 6) is 0.624. The number of pyridine rings is 1. The Morgan fingerprint density at radius 3 is 3.28 bits per heavy atom. The van der Waals surface area contributed by atoms with Gasteiger partial charge in [-0.1, -0.05) is 0 Å². The Morgan fingerprint density at radius 2 is 2.44 bits per heavy atom. The average Bonchev–Trinajstić information content (AvgIpc) is 3.00. The van der Waals surface area contributed by atoms with Crippen LogP contribution < -0.4 is 15.5 Å². The van der Waals surface area contributed by atoms with E-state index in [1.807, 2.05) is 12.1 Å². The predicted octanol–water partition coefficient (Wildman–Crippen LogP) is 0.239. The lowest BCUT2D eigenvalue weighted by molar-refractivity contribution is 0.0958.